The van der Waals surface area contributed by atoms with E-state index in [0.717, 1.165) is 0 Å². The van der Waals surface area contributed by atoms with Crippen LogP contribution in [0.15, 0.2) is 53.1 Å². The third-order valence-electron chi connectivity index (χ3n) is 4.19. The largest absolute Gasteiger partial charge is 0.463 e. The fraction of sp³-hybridized carbons (Fsp3) is 0.278. The Kier molecular flexibility index (Phi) is 6.17. The molecule has 2 N–H and O–H groups in total. The van der Waals surface area contributed by atoms with Crippen molar-refractivity contribution in [3.05, 3.63) is 63.6 Å². The van der Waals surface area contributed by atoms with Gasteiger partial charge in [0.1, 0.15) is 0 Å². The molecule has 152 valence electrons. The van der Waals surface area contributed by atoms with Gasteiger partial charge in [0.15, 0.2) is 5.16 Å². The lowest BCUT2D eigenvalue weighted by Gasteiger charge is -2.29. The van der Waals surface area contributed by atoms with Crippen LogP contribution in [0.2, 0.25) is 0 Å². The van der Waals surface area contributed by atoms with Gasteiger partial charge < -0.3 is 19.9 Å². The van der Waals surface area contributed by atoms with E-state index >= 15 is 0 Å². The molecule has 1 aliphatic rings. The van der Waals surface area contributed by atoms with E-state index in [-0.39, 0.29) is 23.6 Å². The SMILES string of the molecule is CCOC(=O)C1=C(CSc2nccn2C)NC(=O)N[C@@H]1c1cccc([N+](=O)[O-])c1. The lowest BCUT2D eigenvalue weighted by molar-refractivity contribution is -0.384. The van der Waals surface area contributed by atoms with Crippen LogP contribution in [0.4, 0.5) is 10.5 Å². The third-order valence-corrected chi connectivity index (χ3v) is 5.27. The van der Waals surface area contributed by atoms with Crippen LogP contribution in [0.25, 0.3) is 0 Å². The Morgan fingerprint density at radius 2 is 2.24 bits per heavy atom. The molecule has 2 amide bonds. The van der Waals surface area contributed by atoms with E-state index in [4.69, 9.17) is 4.74 Å². The molecule has 0 aliphatic carbocycles. The van der Waals surface area contributed by atoms with Crippen molar-refractivity contribution in [1.82, 2.24) is 20.2 Å². The zero-order chi connectivity index (χ0) is 21.0. The van der Waals surface area contributed by atoms with E-state index in [1.165, 1.54) is 30.0 Å². The third kappa shape index (κ3) is 4.57. The van der Waals surface area contributed by atoms with Gasteiger partial charge in [0.2, 0.25) is 0 Å². The summed E-state index contributed by atoms with van der Waals surface area (Å²) in [7, 11) is 1.84. The number of ether oxygens (including phenoxy) is 1. The Balaban J connectivity index is 2.01. The second kappa shape index (κ2) is 8.78. The number of amides is 2. The maximum absolute atomic E-state index is 12.7. The first-order valence-electron chi connectivity index (χ1n) is 8.72. The standard InChI is InChI=1S/C18H19N5O5S/c1-3-28-16(24)14-13(10-29-18-19-7-8-22(18)2)20-17(25)21-15(14)11-5-4-6-12(9-11)23(26)27/h4-9,15H,3,10H2,1-2H3,(H2,20,21,25)/t15-/m1/s1. The van der Waals surface area contributed by atoms with Crippen molar-refractivity contribution < 1.29 is 19.2 Å². The summed E-state index contributed by atoms with van der Waals surface area (Å²) in [5, 5.41) is 17.2. The average molecular weight is 417 g/mol. The molecule has 29 heavy (non-hydrogen) atoms. The number of thioether (sulfide) groups is 1. The first-order chi connectivity index (χ1) is 13.9. The summed E-state index contributed by atoms with van der Waals surface area (Å²) in [4.78, 5) is 39.8. The van der Waals surface area contributed by atoms with Gasteiger partial charge in [-0.3, -0.25) is 10.1 Å². The number of nitro benzene ring substituents is 1. The molecule has 3 rings (SSSR count). The molecule has 1 aliphatic heterocycles. The summed E-state index contributed by atoms with van der Waals surface area (Å²) in [5.74, 6) is -0.343. The van der Waals surface area contributed by atoms with Gasteiger partial charge >= 0.3 is 12.0 Å². The fourth-order valence-corrected chi connectivity index (χ4v) is 3.78. The minimum absolute atomic E-state index is 0.137. The highest BCUT2D eigenvalue weighted by molar-refractivity contribution is 7.99. The smallest absolute Gasteiger partial charge is 0.338 e. The number of nitrogens with one attached hydrogen (secondary N) is 2. The van der Waals surface area contributed by atoms with E-state index in [9.17, 15) is 19.7 Å². The van der Waals surface area contributed by atoms with Crippen LogP contribution < -0.4 is 10.6 Å². The van der Waals surface area contributed by atoms with Crippen molar-refractivity contribution in [2.45, 2.75) is 18.1 Å². The monoisotopic (exact) mass is 417 g/mol. The number of nitrogens with zero attached hydrogens (tertiary/aromatic N) is 3. The number of imidazole rings is 1. The quantitative estimate of drug-likeness (QED) is 0.306. The van der Waals surface area contributed by atoms with E-state index in [2.05, 4.69) is 15.6 Å². The van der Waals surface area contributed by atoms with Crippen LogP contribution in [-0.4, -0.2) is 38.8 Å². The number of esters is 1. The molecule has 0 fully saturated rings. The first-order valence-corrected chi connectivity index (χ1v) is 9.71. The zero-order valence-electron chi connectivity index (χ0n) is 15.7. The van der Waals surface area contributed by atoms with Crippen LogP contribution >= 0.6 is 11.8 Å². The van der Waals surface area contributed by atoms with Gasteiger partial charge in [-0.15, -0.1) is 0 Å². The molecule has 0 bridgehead atoms. The highest BCUT2D eigenvalue weighted by Crippen LogP contribution is 2.31. The molecule has 0 saturated carbocycles. The van der Waals surface area contributed by atoms with Crippen LogP contribution in [0, 0.1) is 10.1 Å². The summed E-state index contributed by atoms with van der Waals surface area (Å²) in [6.45, 7) is 1.83. The van der Waals surface area contributed by atoms with E-state index in [1.807, 2.05) is 11.6 Å². The van der Waals surface area contributed by atoms with Crippen LogP contribution in [-0.2, 0) is 16.6 Å². The zero-order valence-corrected chi connectivity index (χ0v) is 16.6. The summed E-state index contributed by atoms with van der Waals surface area (Å²) < 4.78 is 7.00. The van der Waals surface area contributed by atoms with Gasteiger partial charge in [0.05, 0.1) is 23.1 Å². The number of benzene rings is 1. The van der Waals surface area contributed by atoms with Gasteiger partial charge in [-0.1, -0.05) is 23.9 Å². The summed E-state index contributed by atoms with van der Waals surface area (Å²) in [6, 6.07) is 4.42. The second-order valence-electron chi connectivity index (χ2n) is 6.11. The van der Waals surface area contributed by atoms with Crippen molar-refractivity contribution in [2.75, 3.05) is 12.4 Å². The minimum atomic E-state index is -0.875. The second-order valence-corrected chi connectivity index (χ2v) is 7.05. The van der Waals surface area contributed by atoms with Gasteiger partial charge in [0, 0.05) is 43.0 Å². The number of nitro groups is 1. The van der Waals surface area contributed by atoms with Crippen LogP contribution in [0.1, 0.15) is 18.5 Å². The molecule has 0 saturated heterocycles. The van der Waals surface area contributed by atoms with Crippen molar-refractivity contribution in [2.24, 2.45) is 7.05 Å². The molecule has 0 unspecified atom stereocenters. The van der Waals surface area contributed by atoms with Crippen LogP contribution in [0.5, 0.6) is 0 Å². The van der Waals surface area contributed by atoms with E-state index in [1.54, 1.807) is 25.4 Å². The Hall–Kier alpha value is -3.34. The predicted molar refractivity (Wildman–Crippen MR) is 105 cm³/mol. The molecule has 10 nitrogen and oxygen atoms in total. The number of urea groups is 1. The number of carbonyl (C=O) groups is 2. The molecule has 1 aromatic heterocycles. The van der Waals surface area contributed by atoms with Crippen molar-refractivity contribution in [1.29, 1.82) is 0 Å². The predicted octanol–water partition coefficient (Wildman–Crippen LogP) is 2.29. The number of non-ortho nitro benzene ring substituents is 1. The van der Waals surface area contributed by atoms with E-state index < -0.39 is 23.0 Å². The lowest BCUT2D eigenvalue weighted by atomic mass is 9.95. The van der Waals surface area contributed by atoms with E-state index in [0.29, 0.717) is 16.4 Å². The molecule has 11 heteroatoms. The van der Waals surface area contributed by atoms with Gasteiger partial charge in [0.25, 0.3) is 5.69 Å². The molecular weight excluding hydrogens is 398 g/mol. The maximum atomic E-state index is 12.7. The molecule has 0 spiro atoms. The Bertz CT molecular complexity index is 987. The highest BCUT2D eigenvalue weighted by Gasteiger charge is 2.34. The number of rotatable bonds is 7. The Morgan fingerprint density at radius 1 is 1.45 bits per heavy atom. The number of aromatic nitrogens is 2. The normalized spacial score (nSPS) is 16.2. The van der Waals surface area contributed by atoms with Gasteiger partial charge in [-0.2, -0.15) is 0 Å². The molecule has 1 atom stereocenters. The Labute approximate surface area is 170 Å². The molecule has 0 radical (unpaired) electrons. The number of aryl methyl sites for hydroxylation is 1. The highest BCUT2D eigenvalue weighted by atomic mass is 32.2. The topological polar surface area (TPSA) is 128 Å². The number of hydrogen-bond donors (Lipinski definition) is 2. The maximum Gasteiger partial charge on any atom is 0.338 e. The fourth-order valence-electron chi connectivity index (χ4n) is 2.88. The molecule has 2 heterocycles. The van der Waals surface area contributed by atoms with Gasteiger partial charge in [-0.25, -0.2) is 14.6 Å². The first kappa shape index (κ1) is 20.4. The average Bonchev–Trinajstić information content (AvgIpc) is 3.10. The summed E-state index contributed by atoms with van der Waals surface area (Å²) in [6.07, 6.45) is 3.44. The summed E-state index contributed by atoms with van der Waals surface area (Å²) in [5.41, 5.74) is 0.851. The van der Waals surface area contributed by atoms with Crippen LogP contribution in [0.3, 0.4) is 0 Å². The Morgan fingerprint density at radius 3 is 2.90 bits per heavy atom. The molecular formula is C18H19N5O5S. The van der Waals surface area contributed by atoms with Crippen molar-refractivity contribution >= 4 is 29.4 Å². The molecule has 1 aromatic carbocycles. The minimum Gasteiger partial charge on any atom is -0.463 e. The van der Waals surface area contributed by atoms with Gasteiger partial charge in [-0.05, 0) is 12.5 Å². The summed E-state index contributed by atoms with van der Waals surface area (Å²) >= 11 is 1.34. The van der Waals surface area contributed by atoms with Crippen molar-refractivity contribution in [3.63, 3.8) is 0 Å². The van der Waals surface area contributed by atoms with Crippen molar-refractivity contribution in [3.8, 4) is 0 Å². The number of carbonyl (C=O) groups excluding carboxylic acids is 2. The molecule has 2 aromatic rings. The number of hydrogen-bond acceptors (Lipinski definition) is 7. The lowest BCUT2D eigenvalue weighted by Crippen LogP contribution is -2.46.